The van der Waals surface area contributed by atoms with E-state index in [0.29, 0.717) is 5.56 Å². The lowest BCUT2D eigenvalue weighted by atomic mass is 10.1. The Morgan fingerprint density at radius 2 is 2.06 bits per heavy atom. The van der Waals surface area contributed by atoms with Crippen LogP contribution in [-0.4, -0.2) is 16.2 Å². The summed E-state index contributed by atoms with van der Waals surface area (Å²) in [6, 6.07) is 6.37. The number of aromatic hydroxyl groups is 1. The summed E-state index contributed by atoms with van der Waals surface area (Å²) in [6.07, 6.45) is 0. The molecule has 0 bridgehead atoms. The second-order valence-electron chi connectivity index (χ2n) is 3.47. The predicted octanol–water partition coefficient (Wildman–Crippen LogP) is 3.13. The lowest BCUT2D eigenvalue weighted by molar-refractivity contribution is 0.0696. The Morgan fingerprint density at radius 1 is 1.31 bits per heavy atom. The van der Waals surface area contributed by atoms with Gasteiger partial charge < -0.3 is 10.2 Å². The second kappa shape index (κ2) is 3.98. The Kier molecular flexibility index (Phi) is 2.66. The van der Waals surface area contributed by atoms with E-state index < -0.39 is 5.97 Å². The van der Waals surface area contributed by atoms with Crippen molar-refractivity contribution in [2.45, 2.75) is 6.92 Å². The van der Waals surface area contributed by atoms with Gasteiger partial charge in [-0.3, -0.25) is 0 Å². The number of carboxylic acid groups (broad SMARTS) is 1. The van der Waals surface area contributed by atoms with Crippen molar-refractivity contribution in [3.63, 3.8) is 0 Å². The van der Waals surface area contributed by atoms with Gasteiger partial charge >= 0.3 is 5.97 Å². The third-order valence-electron chi connectivity index (χ3n) is 2.35. The molecule has 0 radical (unpaired) electrons. The molecular weight excluding hydrogens is 224 g/mol. The van der Waals surface area contributed by atoms with Crippen molar-refractivity contribution in [2.75, 3.05) is 0 Å². The molecule has 0 aliphatic rings. The van der Waals surface area contributed by atoms with E-state index >= 15 is 0 Å². The monoisotopic (exact) mass is 234 g/mol. The average Bonchev–Trinajstić information content (AvgIpc) is 2.64. The Morgan fingerprint density at radius 3 is 2.56 bits per heavy atom. The van der Waals surface area contributed by atoms with Crippen molar-refractivity contribution in [3.05, 3.63) is 40.8 Å². The molecule has 0 aliphatic heterocycles. The van der Waals surface area contributed by atoms with Crippen molar-refractivity contribution in [3.8, 4) is 16.2 Å². The topological polar surface area (TPSA) is 57.5 Å². The van der Waals surface area contributed by atoms with Gasteiger partial charge in [-0.2, -0.15) is 0 Å². The van der Waals surface area contributed by atoms with Gasteiger partial charge in [-0.05, 0) is 42.1 Å². The molecule has 2 aromatic rings. The molecule has 0 aliphatic carbocycles. The first kappa shape index (κ1) is 10.7. The van der Waals surface area contributed by atoms with Crippen LogP contribution in [0.2, 0.25) is 0 Å². The highest BCUT2D eigenvalue weighted by atomic mass is 32.1. The van der Waals surface area contributed by atoms with Crippen LogP contribution in [0.1, 0.15) is 15.9 Å². The molecule has 1 aromatic carbocycles. The van der Waals surface area contributed by atoms with Crippen molar-refractivity contribution in [1.82, 2.24) is 0 Å². The molecule has 0 saturated carbocycles. The minimum atomic E-state index is -1.04. The van der Waals surface area contributed by atoms with Crippen molar-refractivity contribution < 1.29 is 15.0 Å². The van der Waals surface area contributed by atoms with Gasteiger partial charge in [0.25, 0.3) is 0 Å². The fourth-order valence-corrected chi connectivity index (χ4v) is 2.47. The quantitative estimate of drug-likeness (QED) is 0.839. The van der Waals surface area contributed by atoms with E-state index in [1.807, 2.05) is 18.4 Å². The van der Waals surface area contributed by atoms with Crippen LogP contribution in [0.5, 0.6) is 5.75 Å². The van der Waals surface area contributed by atoms with E-state index in [4.69, 9.17) is 5.11 Å². The van der Waals surface area contributed by atoms with Crippen molar-refractivity contribution in [1.29, 1.82) is 0 Å². The predicted molar refractivity (Wildman–Crippen MR) is 63.1 cm³/mol. The van der Waals surface area contributed by atoms with E-state index in [0.717, 1.165) is 10.4 Å². The zero-order valence-electron chi connectivity index (χ0n) is 8.60. The third-order valence-corrected chi connectivity index (χ3v) is 3.40. The number of rotatable bonds is 2. The molecule has 1 heterocycles. The van der Waals surface area contributed by atoms with Crippen LogP contribution in [0.4, 0.5) is 0 Å². The first-order valence-electron chi connectivity index (χ1n) is 4.70. The maximum Gasteiger partial charge on any atom is 0.335 e. The van der Waals surface area contributed by atoms with Crippen LogP contribution in [0.15, 0.2) is 29.6 Å². The molecular formula is C12H10O3S. The number of carboxylic acids is 1. The molecule has 2 rings (SSSR count). The molecule has 0 fully saturated rings. The first-order chi connectivity index (χ1) is 7.59. The van der Waals surface area contributed by atoms with E-state index in [1.165, 1.54) is 23.5 Å². The summed E-state index contributed by atoms with van der Waals surface area (Å²) in [5.74, 6) is -1.03. The number of phenols is 1. The van der Waals surface area contributed by atoms with Crippen molar-refractivity contribution in [2.24, 2.45) is 0 Å². The Labute approximate surface area is 96.6 Å². The van der Waals surface area contributed by atoms with E-state index in [-0.39, 0.29) is 11.3 Å². The number of phenolic OH excluding ortho intramolecular Hbond substituents is 1. The van der Waals surface area contributed by atoms with Crippen LogP contribution in [0.25, 0.3) is 10.4 Å². The third kappa shape index (κ3) is 1.79. The lowest BCUT2D eigenvalue weighted by Gasteiger charge is -2.04. The zero-order chi connectivity index (χ0) is 11.7. The number of aromatic carboxylic acids is 1. The smallest absolute Gasteiger partial charge is 0.335 e. The summed E-state index contributed by atoms with van der Waals surface area (Å²) >= 11 is 1.52. The fraction of sp³-hybridized carbons (Fsp3) is 0.0833. The molecule has 0 saturated heterocycles. The molecule has 0 spiro atoms. The molecule has 0 unspecified atom stereocenters. The summed E-state index contributed by atoms with van der Waals surface area (Å²) in [4.78, 5) is 11.7. The number of hydrogen-bond donors (Lipinski definition) is 2. The normalized spacial score (nSPS) is 10.3. The highest BCUT2D eigenvalue weighted by Gasteiger charge is 2.11. The number of aryl methyl sites for hydroxylation is 1. The maximum absolute atomic E-state index is 10.7. The highest BCUT2D eigenvalue weighted by Crippen LogP contribution is 2.35. The van der Waals surface area contributed by atoms with Gasteiger partial charge in [0, 0.05) is 10.4 Å². The van der Waals surface area contributed by atoms with Crippen LogP contribution in [-0.2, 0) is 0 Å². The standard InChI is InChI=1S/C12H10O3S/c1-7-4-5-16-11(7)9-3-2-8(12(14)15)6-10(9)13/h2-6,13H,1H3,(H,14,15). The Balaban J connectivity index is 2.52. The van der Waals surface area contributed by atoms with Crippen LogP contribution in [0, 0.1) is 6.92 Å². The summed E-state index contributed by atoms with van der Waals surface area (Å²) in [5, 5.41) is 20.5. The van der Waals surface area contributed by atoms with Gasteiger partial charge in [0.2, 0.25) is 0 Å². The fourth-order valence-electron chi connectivity index (χ4n) is 1.51. The number of hydrogen-bond acceptors (Lipinski definition) is 3. The minimum absolute atomic E-state index is 0.00505. The van der Waals surface area contributed by atoms with E-state index in [1.54, 1.807) is 6.07 Å². The number of carbonyl (C=O) groups is 1. The maximum atomic E-state index is 10.7. The molecule has 82 valence electrons. The Bertz CT molecular complexity index is 543. The van der Waals surface area contributed by atoms with Crippen LogP contribution < -0.4 is 0 Å². The van der Waals surface area contributed by atoms with Gasteiger partial charge in [0.05, 0.1) is 5.56 Å². The zero-order valence-corrected chi connectivity index (χ0v) is 9.41. The first-order valence-corrected chi connectivity index (χ1v) is 5.58. The highest BCUT2D eigenvalue weighted by molar-refractivity contribution is 7.13. The van der Waals surface area contributed by atoms with E-state index in [2.05, 4.69) is 0 Å². The van der Waals surface area contributed by atoms with Crippen LogP contribution in [0.3, 0.4) is 0 Å². The average molecular weight is 234 g/mol. The van der Waals surface area contributed by atoms with Gasteiger partial charge in [-0.15, -0.1) is 11.3 Å². The minimum Gasteiger partial charge on any atom is -0.507 e. The van der Waals surface area contributed by atoms with Gasteiger partial charge in [0.1, 0.15) is 5.75 Å². The molecule has 2 N–H and O–H groups in total. The summed E-state index contributed by atoms with van der Waals surface area (Å²) < 4.78 is 0. The van der Waals surface area contributed by atoms with Crippen molar-refractivity contribution >= 4 is 17.3 Å². The molecule has 16 heavy (non-hydrogen) atoms. The summed E-state index contributed by atoms with van der Waals surface area (Å²) in [5.41, 5.74) is 1.84. The number of benzene rings is 1. The summed E-state index contributed by atoms with van der Waals surface area (Å²) in [7, 11) is 0. The molecule has 4 heteroatoms. The van der Waals surface area contributed by atoms with Crippen LogP contribution >= 0.6 is 11.3 Å². The Hall–Kier alpha value is -1.81. The van der Waals surface area contributed by atoms with Gasteiger partial charge in [-0.1, -0.05) is 0 Å². The summed E-state index contributed by atoms with van der Waals surface area (Å²) in [6.45, 7) is 1.95. The molecule has 0 amide bonds. The molecule has 3 nitrogen and oxygen atoms in total. The number of thiophene rings is 1. The molecule has 0 atom stereocenters. The SMILES string of the molecule is Cc1ccsc1-c1ccc(C(=O)O)cc1O. The lowest BCUT2D eigenvalue weighted by Crippen LogP contribution is -1.95. The second-order valence-corrected chi connectivity index (χ2v) is 4.39. The van der Waals surface area contributed by atoms with E-state index in [9.17, 15) is 9.90 Å². The van der Waals surface area contributed by atoms with Gasteiger partial charge in [0.15, 0.2) is 0 Å². The molecule has 1 aromatic heterocycles. The van der Waals surface area contributed by atoms with Gasteiger partial charge in [-0.25, -0.2) is 4.79 Å². The largest absolute Gasteiger partial charge is 0.507 e.